The van der Waals surface area contributed by atoms with E-state index in [2.05, 4.69) is 64.8 Å². The van der Waals surface area contributed by atoms with Crippen LogP contribution < -0.4 is 16.1 Å². The number of rotatable bonds is 7. The van der Waals surface area contributed by atoms with Gasteiger partial charge in [-0.1, -0.05) is 35.9 Å². The molecule has 0 radical (unpaired) electrons. The van der Waals surface area contributed by atoms with Crippen molar-refractivity contribution in [2.24, 2.45) is 5.10 Å². The Morgan fingerprint density at radius 2 is 1.58 bits per heavy atom. The number of phenolic OH excluding ortho intramolecular Hbond substituents is 1. The Hall–Kier alpha value is -3.73. The highest BCUT2D eigenvalue weighted by Crippen LogP contribution is 2.22. The van der Waals surface area contributed by atoms with Gasteiger partial charge in [0.2, 0.25) is 17.8 Å². The van der Waals surface area contributed by atoms with Crippen LogP contribution in [0.5, 0.6) is 5.75 Å². The number of phenols is 1. The van der Waals surface area contributed by atoms with Crippen LogP contribution in [-0.2, 0) is 0 Å². The third-order valence-corrected chi connectivity index (χ3v) is 5.32. The zero-order valence-electron chi connectivity index (χ0n) is 18.0. The average Bonchev–Trinajstić information content (AvgIpc) is 2.79. The van der Waals surface area contributed by atoms with Gasteiger partial charge in [0.25, 0.3) is 0 Å². The average molecular weight is 551 g/mol. The van der Waals surface area contributed by atoms with Crippen LogP contribution in [-0.4, -0.2) is 26.3 Å². The maximum Gasteiger partial charge on any atom is 0.250 e. The number of nitrogens with zero attached hydrogens (tertiary/aromatic N) is 4. The Morgan fingerprint density at radius 3 is 2.33 bits per heavy atom. The van der Waals surface area contributed by atoms with Crippen molar-refractivity contribution in [2.75, 3.05) is 16.1 Å². The van der Waals surface area contributed by atoms with Crippen molar-refractivity contribution >= 4 is 58.0 Å². The molecule has 0 saturated heterocycles. The highest BCUT2D eigenvalue weighted by atomic mass is 127. The predicted octanol–water partition coefficient (Wildman–Crippen LogP) is 5.73. The molecular formula is C24H22IN7O. The van der Waals surface area contributed by atoms with Gasteiger partial charge in [0, 0.05) is 20.5 Å². The van der Waals surface area contributed by atoms with Crippen molar-refractivity contribution < 1.29 is 5.11 Å². The molecule has 3 aromatic carbocycles. The highest BCUT2D eigenvalue weighted by molar-refractivity contribution is 14.1. The number of anilines is 5. The molecule has 8 nitrogen and oxygen atoms in total. The summed E-state index contributed by atoms with van der Waals surface area (Å²) < 4.78 is 0.987. The Kier molecular flexibility index (Phi) is 6.98. The molecule has 33 heavy (non-hydrogen) atoms. The Bertz CT molecular complexity index is 1300. The summed E-state index contributed by atoms with van der Waals surface area (Å²) in [4.78, 5) is 13.4. The normalized spacial score (nSPS) is 10.9. The molecule has 0 bridgehead atoms. The van der Waals surface area contributed by atoms with Gasteiger partial charge in [0.15, 0.2) is 0 Å². The lowest BCUT2D eigenvalue weighted by Crippen LogP contribution is -2.07. The van der Waals surface area contributed by atoms with Gasteiger partial charge < -0.3 is 15.7 Å². The largest absolute Gasteiger partial charge is 0.507 e. The third-order valence-electron chi connectivity index (χ3n) is 4.65. The molecule has 4 aromatic rings. The Labute approximate surface area is 205 Å². The molecule has 9 heteroatoms. The zero-order chi connectivity index (χ0) is 23.2. The SMILES string of the molecule is Cc1ccc(Nc2nc(N/N=C/c3cc(I)ccc3O)nc(Nc3ccccc3)n2)c(C)c1. The van der Waals surface area contributed by atoms with Crippen molar-refractivity contribution in [3.05, 3.63) is 87.0 Å². The van der Waals surface area contributed by atoms with Crippen molar-refractivity contribution in [1.29, 1.82) is 0 Å². The van der Waals surface area contributed by atoms with Crippen LogP contribution in [0.2, 0.25) is 0 Å². The molecular weight excluding hydrogens is 529 g/mol. The van der Waals surface area contributed by atoms with E-state index in [0.717, 1.165) is 20.5 Å². The summed E-state index contributed by atoms with van der Waals surface area (Å²) in [7, 11) is 0. The number of hydrogen-bond acceptors (Lipinski definition) is 8. The van der Waals surface area contributed by atoms with Gasteiger partial charge in [-0.2, -0.15) is 20.1 Å². The van der Waals surface area contributed by atoms with Gasteiger partial charge in [0.1, 0.15) is 5.75 Å². The molecule has 0 aliphatic carbocycles. The molecule has 166 valence electrons. The standard InChI is InChI=1S/C24H22IN7O/c1-15-8-10-20(16(2)12-15)28-23-29-22(27-19-6-4-3-5-7-19)30-24(31-23)32-26-14-17-13-18(25)9-11-21(17)33/h3-14,33H,1-2H3,(H3,27,28,29,30,31,32)/b26-14+. The lowest BCUT2D eigenvalue weighted by Gasteiger charge is -2.12. The van der Waals surface area contributed by atoms with Gasteiger partial charge in [-0.25, -0.2) is 5.43 Å². The molecule has 0 spiro atoms. The van der Waals surface area contributed by atoms with E-state index in [4.69, 9.17) is 0 Å². The molecule has 4 N–H and O–H groups in total. The number of halogens is 1. The number of hydrogen-bond donors (Lipinski definition) is 4. The number of nitrogens with one attached hydrogen (secondary N) is 3. The van der Waals surface area contributed by atoms with Gasteiger partial charge in [-0.15, -0.1) is 0 Å². The van der Waals surface area contributed by atoms with Crippen molar-refractivity contribution in [3.8, 4) is 5.75 Å². The van der Waals surface area contributed by atoms with Crippen molar-refractivity contribution in [1.82, 2.24) is 15.0 Å². The number of para-hydroxylation sites is 1. The van der Waals surface area contributed by atoms with Crippen LogP contribution in [0.3, 0.4) is 0 Å². The van der Waals surface area contributed by atoms with Crippen LogP contribution in [0.25, 0.3) is 0 Å². The minimum atomic E-state index is 0.139. The molecule has 0 atom stereocenters. The third kappa shape index (κ3) is 6.16. The van der Waals surface area contributed by atoms with Crippen LogP contribution in [0.1, 0.15) is 16.7 Å². The van der Waals surface area contributed by atoms with E-state index in [1.807, 2.05) is 68.4 Å². The molecule has 0 unspecified atom stereocenters. The monoisotopic (exact) mass is 551 g/mol. The first-order valence-electron chi connectivity index (χ1n) is 10.2. The second kappa shape index (κ2) is 10.3. The van der Waals surface area contributed by atoms with Crippen molar-refractivity contribution in [2.45, 2.75) is 13.8 Å². The summed E-state index contributed by atoms with van der Waals surface area (Å²) in [6.45, 7) is 4.07. The van der Waals surface area contributed by atoms with E-state index < -0.39 is 0 Å². The fraction of sp³-hybridized carbons (Fsp3) is 0.0833. The molecule has 1 heterocycles. The maximum atomic E-state index is 10.0. The van der Waals surface area contributed by atoms with E-state index in [-0.39, 0.29) is 11.7 Å². The fourth-order valence-corrected chi connectivity index (χ4v) is 3.57. The van der Waals surface area contributed by atoms with E-state index >= 15 is 0 Å². The van der Waals surface area contributed by atoms with Gasteiger partial charge >= 0.3 is 0 Å². The second-order valence-corrected chi connectivity index (χ2v) is 8.56. The molecule has 0 fully saturated rings. The van der Waals surface area contributed by atoms with Gasteiger partial charge in [0.05, 0.1) is 6.21 Å². The minimum Gasteiger partial charge on any atom is -0.507 e. The van der Waals surface area contributed by atoms with Crippen LogP contribution in [0.15, 0.2) is 71.8 Å². The lowest BCUT2D eigenvalue weighted by molar-refractivity contribution is 0.474. The number of aryl methyl sites for hydroxylation is 2. The van der Waals surface area contributed by atoms with Gasteiger partial charge in [-0.3, -0.25) is 0 Å². The maximum absolute atomic E-state index is 10.0. The predicted molar refractivity (Wildman–Crippen MR) is 141 cm³/mol. The number of aromatic hydroxyl groups is 1. The highest BCUT2D eigenvalue weighted by Gasteiger charge is 2.09. The summed E-state index contributed by atoms with van der Waals surface area (Å²) >= 11 is 2.18. The summed E-state index contributed by atoms with van der Waals surface area (Å²) in [6, 6.07) is 21.0. The van der Waals surface area contributed by atoms with Gasteiger partial charge in [-0.05, 0) is 78.4 Å². The van der Waals surface area contributed by atoms with Crippen molar-refractivity contribution in [3.63, 3.8) is 0 Å². The van der Waals surface area contributed by atoms with E-state index in [1.54, 1.807) is 6.07 Å². The van der Waals surface area contributed by atoms with E-state index in [9.17, 15) is 5.11 Å². The van der Waals surface area contributed by atoms with Crippen LogP contribution >= 0.6 is 22.6 Å². The van der Waals surface area contributed by atoms with Crippen LogP contribution in [0.4, 0.5) is 29.2 Å². The first-order valence-corrected chi connectivity index (χ1v) is 11.2. The first-order chi connectivity index (χ1) is 16.0. The quantitative estimate of drug-likeness (QED) is 0.132. The molecule has 0 amide bonds. The molecule has 0 aliphatic heterocycles. The zero-order valence-corrected chi connectivity index (χ0v) is 20.2. The number of aromatic nitrogens is 3. The molecule has 0 aliphatic rings. The molecule has 1 aromatic heterocycles. The molecule has 4 rings (SSSR count). The fourth-order valence-electron chi connectivity index (χ4n) is 3.05. The smallest absolute Gasteiger partial charge is 0.250 e. The van der Waals surface area contributed by atoms with Crippen LogP contribution in [0, 0.1) is 17.4 Å². The summed E-state index contributed by atoms with van der Waals surface area (Å²) in [5, 5.41) is 20.6. The minimum absolute atomic E-state index is 0.139. The Balaban J connectivity index is 1.61. The van der Waals surface area contributed by atoms with E-state index in [0.29, 0.717) is 17.5 Å². The topological polar surface area (TPSA) is 107 Å². The number of benzene rings is 3. The first kappa shape index (κ1) is 22.5. The summed E-state index contributed by atoms with van der Waals surface area (Å²) in [6.07, 6.45) is 1.52. The summed E-state index contributed by atoms with van der Waals surface area (Å²) in [5.74, 6) is 1.11. The lowest BCUT2D eigenvalue weighted by atomic mass is 10.1. The molecule has 0 saturated carbocycles. The summed E-state index contributed by atoms with van der Waals surface area (Å²) in [5.41, 5.74) is 7.41. The van der Waals surface area contributed by atoms with E-state index in [1.165, 1.54) is 11.8 Å². The number of hydrazone groups is 1. The Morgan fingerprint density at radius 1 is 0.848 bits per heavy atom. The second-order valence-electron chi connectivity index (χ2n) is 7.31.